The van der Waals surface area contributed by atoms with Gasteiger partial charge in [0.2, 0.25) is 0 Å². The van der Waals surface area contributed by atoms with E-state index >= 15 is 0 Å². The summed E-state index contributed by atoms with van der Waals surface area (Å²) in [5, 5.41) is 8.87. The zero-order valence-electron chi connectivity index (χ0n) is 10.2. The van der Waals surface area contributed by atoms with Gasteiger partial charge in [-0.2, -0.15) is 13.2 Å². The monoisotopic (exact) mass is 280 g/mol. The number of aliphatic carboxylic acids is 1. The van der Waals surface area contributed by atoms with Gasteiger partial charge in [0.1, 0.15) is 11.6 Å². The smallest absolute Gasteiger partial charge is 0.419 e. The van der Waals surface area contributed by atoms with Crippen molar-refractivity contribution in [2.75, 3.05) is 0 Å². The Bertz CT molecular complexity index is 469. The summed E-state index contributed by atoms with van der Waals surface area (Å²) in [4.78, 5) is 10.9. The van der Waals surface area contributed by atoms with Crippen molar-refractivity contribution >= 4 is 5.97 Å². The fourth-order valence-corrected chi connectivity index (χ4v) is 1.41. The molecule has 0 saturated carbocycles. The second-order valence-electron chi connectivity index (χ2n) is 4.26. The Balaban J connectivity index is 3.06. The summed E-state index contributed by atoms with van der Waals surface area (Å²) >= 11 is 0. The van der Waals surface area contributed by atoms with Gasteiger partial charge in [-0.25, -0.2) is 9.18 Å². The fourth-order valence-electron chi connectivity index (χ4n) is 1.41. The van der Waals surface area contributed by atoms with Crippen LogP contribution in [0.15, 0.2) is 18.2 Å². The van der Waals surface area contributed by atoms with E-state index in [-0.39, 0.29) is 5.75 Å². The van der Waals surface area contributed by atoms with Crippen LogP contribution in [0.3, 0.4) is 0 Å². The highest BCUT2D eigenvalue weighted by Crippen LogP contribution is 2.34. The first-order valence-corrected chi connectivity index (χ1v) is 5.39. The maximum atomic E-state index is 13.0. The molecule has 1 N–H and O–H groups in total. The first kappa shape index (κ1) is 15.3. The Morgan fingerprint density at radius 2 is 1.89 bits per heavy atom. The Kier molecular flexibility index (Phi) is 4.39. The number of ether oxygens (including phenoxy) is 1. The highest BCUT2D eigenvalue weighted by Gasteiger charge is 2.35. The third-order valence-electron chi connectivity index (χ3n) is 2.36. The summed E-state index contributed by atoms with van der Waals surface area (Å²) in [6.45, 7) is 3.10. The third-order valence-corrected chi connectivity index (χ3v) is 2.36. The van der Waals surface area contributed by atoms with Gasteiger partial charge < -0.3 is 9.84 Å². The maximum absolute atomic E-state index is 13.0. The molecule has 0 heterocycles. The van der Waals surface area contributed by atoms with Gasteiger partial charge in [-0.05, 0) is 18.2 Å². The van der Waals surface area contributed by atoms with Gasteiger partial charge in [0.15, 0.2) is 6.10 Å². The van der Waals surface area contributed by atoms with Crippen LogP contribution in [-0.4, -0.2) is 17.2 Å². The van der Waals surface area contributed by atoms with Crippen molar-refractivity contribution in [3.63, 3.8) is 0 Å². The summed E-state index contributed by atoms with van der Waals surface area (Å²) in [5.41, 5.74) is -1.49. The first-order valence-electron chi connectivity index (χ1n) is 5.39. The van der Waals surface area contributed by atoms with Crippen molar-refractivity contribution in [2.45, 2.75) is 26.1 Å². The lowest BCUT2D eigenvalue weighted by Crippen LogP contribution is -2.32. The zero-order chi connectivity index (χ0) is 14.8. The quantitative estimate of drug-likeness (QED) is 0.860. The van der Waals surface area contributed by atoms with Gasteiger partial charge in [0, 0.05) is 5.92 Å². The van der Waals surface area contributed by atoms with E-state index in [1.54, 1.807) is 13.8 Å². The van der Waals surface area contributed by atoms with Gasteiger partial charge in [-0.1, -0.05) is 13.8 Å². The average molecular weight is 280 g/mol. The Morgan fingerprint density at radius 1 is 1.32 bits per heavy atom. The predicted octanol–water partition coefficient (Wildman–Crippen LogP) is 3.33. The van der Waals surface area contributed by atoms with Gasteiger partial charge in [0.05, 0.1) is 5.56 Å². The molecule has 0 amide bonds. The van der Waals surface area contributed by atoms with E-state index in [0.29, 0.717) is 12.1 Å². The molecule has 0 saturated heterocycles. The standard InChI is InChI=1S/C12H12F4O3/c1-6(2)10(11(17)18)19-7-3-4-9(13)8(5-7)12(14,15)16/h3-6,10H,1-2H3,(H,17,18). The molecule has 106 valence electrons. The molecule has 1 atom stereocenters. The number of halogens is 4. The van der Waals surface area contributed by atoms with Crippen LogP contribution in [0.5, 0.6) is 5.75 Å². The zero-order valence-corrected chi connectivity index (χ0v) is 10.2. The fraction of sp³-hybridized carbons (Fsp3) is 0.417. The van der Waals surface area contributed by atoms with E-state index in [2.05, 4.69) is 0 Å². The molecule has 0 aliphatic heterocycles. The summed E-state index contributed by atoms with van der Waals surface area (Å²) in [6, 6.07) is 2.01. The molecule has 0 spiro atoms. The van der Waals surface area contributed by atoms with Crippen LogP contribution < -0.4 is 4.74 Å². The molecule has 1 aromatic rings. The van der Waals surface area contributed by atoms with Crippen molar-refractivity contribution in [2.24, 2.45) is 5.92 Å². The Hall–Kier alpha value is -1.79. The van der Waals surface area contributed by atoms with Crippen LogP contribution in [0.25, 0.3) is 0 Å². The molecule has 0 aliphatic carbocycles. The molecular weight excluding hydrogens is 268 g/mol. The van der Waals surface area contributed by atoms with Crippen molar-refractivity contribution < 1.29 is 32.2 Å². The second-order valence-corrected chi connectivity index (χ2v) is 4.26. The lowest BCUT2D eigenvalue weighted by molar-refractivity contribution is -0.147. The molecule has 3 nitrogen and oxygen atoms in total. The highest BCUT2D eigenvalue weighted by molar-refractivity contribution is 5.73. The number of carbonyl (C=O) groups is 1. The Morgan fingerprint density at radius 3 is 2.32 bits per heavy atom. The number of carboxylic acids is 1. The van der Waals surface area contributed by atoms with Gasteiger partial charge in [0.25, 0.3) is 0 Å². The minimum Gasteiger partial charge on any atom is -0.478 e. The summed E-state index contributed by atoms with van der Waals surface area (Å²) in [6.07, 6.45) is -6.16. The van der Waals surface area contributed by atoms with E-state index in [1.807, 2.05) is 0 Å². The number of alkyl halides is 3. The summed E-state index contributed by atoms with van der Waals surface area (Å²) in [5.74, 6) is -3.52. The molecule has 19 heavy (non-hydrogen) atoms. The Labute approximate surface area is 106 Å². The van der Waals surface area contributed by atoms with Crippen LogP contribution in [-0.2, 0) is 11.0 Å². The van der Waals surface area contributed by atoms with E-state index < -0.39 is 35.5 Å². The molecule has 1 rings (SSSR count). The molecule has 0 fully saturated rings. The minimum absolute atomic E-state index is 0.338. The molecule has 7 heteroatoms. The van der Waals surface area contributed by atoms with Crippen LogP contribution in [0.2, 0.25) is 0 Å². The number of carboxylic acid groups (broad SMARTS) is 1. The molecule has 1 aromatic carbocycles. The van der Waals surface area contributed by atoms with Crippen molar-refractivity contribution in [3.05, 3.63) is 29.6 Å². The normalized spacial score (nSPS) is 13.4. The molecule has 0 aliphatic rings. The van der Waals surface area contributed by atoms with Crippen LogP contribution >= 0.6 is 0 Å². The predicted molar refractivity (Wildman–Crippen MR) is 58.3 cm³/mol. The highest BCUT2D eigenvalue weighted by atomic mass is 19.4. The largest absolute Gasteiger partial charge is 0.478 e. The lowest BCUT2D eigenvalue weighted by atomic mass is 10.1. The molecule has 0 radical (unpaired) electrons. The molecule has 0 aromatic heterocycles. The average Bonchev–Trinajstić information content (AvgIpc) is 2.25. The molecule has 0 bridgehead atoms. The SMILES string of the molecule is CC(C)C(Oc1ccc(F)c(C(F)(F)F)c1)C(=O)O. The lowest BCUT2D eigenvalue weighted by Gasteiger charge is -2.19. The second kappa shape index (κ2) is 5.46. The molecule has 1 unspecified atom stereocenters. The number of benzene rings is 1. The number of hydrogen-bond donors (Lipinski definition) is 1. The topological polar surface area (TPSA) is 46.5 Å². The minimum atomic E-state index is -4.86. The van der Waals surface area contributed by atoms with Gasteiger partial charge in [-0.3, -0.25) is 0 Å². The third kappa shape index (κ3) is 3.84. The van der Waals surface area contributed by atoms with Crippen molar-refractivity contribution in [1.29, 1.82) is 0 Å². The summed E-state index contributed by atoms with van der Waals surface area (Å²) < 4.78 is 55.4. The van der Waals surface area contributed by atoms with Gasteiger partial charge >= 0.3 is 12.1 Å². The van der Waals surface area contributed by atoms with Crippen LogP contribution in [0, 0.1) is 11.7 Å². The maximum Gasteiger partial charge on any atom is 0.419 e. The van der Waals surface area contributed by atoms with E-state index in [0.717, 1.165) is 6.07 Å². The van der Waals surface area contributed by atoms with E-state index in [9.17, 15) is 22.4 Å². The van der Waals surface area contributed by atoms with Crippen molar-refractivity contribution in [1.82, 2.24) is 0 Å². The van der Waals surface area contributed by atoms with Crippen LogP contribution in [0.1, 0.15) is 19.4 Å². The first-order chi connectivity index (χ1) is 8.62. The van der Waals surface area contributed by atoms with E-state index in [4.69, 9.17) is 9.84 Å². The number of rotatable bonds is 4. The van der Waals surface area contributed by atoms with Crippen LogP contribution in [0.4, 0.5) is 17.6 Å². The molecular formula is C12H12F4O3. The van der Waals surface area contributed by atoms with E-state index in [1.165, 1.54) is 0 Å². The van der Waals surface area contributed by atoms with Crippen molar-refractivity contribution in [3.8, 4) is 5.75 Å². The number of hydrogen-bond acceptors (Lipinski definition) is 2. The summed E-state index contributed by atoms with van der Waals surface area (Å²) in [7, 11) is 0. The van der Waals surface area contributed by atoms with Gasteiger partial charge in [-0.15, -0.1) is 0 Å².